The molecule has 1 nitrogen and oxygen atoms in total. The van der Waals surface area contributed by atoms with E-state index in [1.807, 2.05) is 18.0 Å². The second-order valence-electron chi connectivity index (χ2n) is 4.06. The summed E-state index contributed by atoms with van der Waals surface area (Å²) in [7, 11) is 0. The summed E-state index contributed by atoms with van der Waals surface area (Å²) in [4.78, 5) is 5.81. The standard InChI is InChI=1S/C14H17NS/c1-4-5-11-8-12-10(2)6-7-15-13(12)9-14(11)16-3/h6-9H,4-5H2,1-3H3. The Balaban J connectivity index is 2.65. The summed E-state index contributed by atoms with van der Waals surface area (Å²) in [6, 6.07) is 6.61. The number of hydrogen-bond acceptors (Lipinski definition) is 2. The lowest BCUT2D eigenvalue weighted by atomic mass is 10.0. The molecule has 1 aromatic carbocycles. The van der Waals surface area contributed by atoms with Crippen LogP contribution in [0.15, 0.2) is 29.3 Å². The summed E-state index contributed by atoms with van der Waals surface area (Å²) in [5, 5.41) is 1.30. The number of aryl methyl sites for hydroxylation is 2. The quantitative estimate of drug-likeness (QED) is 0.734. The monoisotopic (exact) mass is 231 g/mol. The van der Waals surface area contributed by atoms with Gasteiger partial charge in [0, 0.05) is 16.5 Å². The van der Waals surface area contributed by atoms with Crippen molar-refractivity contribution in [1.82, 2.24) is 4.98 Å². The fourth-order valence-corrected chi connectivity index (χ4v) is 2.66. The molecular weight excluding hydrogens is 214 g/mol. The average Bonchev–Trinajstić information content (AvgIpc) is 2.30. The minimum atomic E-state index is 1.12. The predicted molar refractivity (Wildman–Crippen MR) is 72.3 cm³/mol. The van der Waals surface area contributed by atoms with E-state index in [1.165, 1.54) is 27.8 Å². The summed E-state index contributed by atoms with van der Waals surface area (Å²) in [5.74, 6) is 0. The number of fused-ring (bicyclic) bond motifs is 1. The molecule has 2 aromatic rings. The normalized spacial score (nSPS) is 10.9. The van der Waals surface area contributed by atoms with Gasteiger partial charge in [-0.1, -0.05) is 13.3 Å². The van der Waals surface area contributed by atoms with Crippen LogP contribution in [0.3, 0.4) is 0 Å². The first-order chi connectivity index (χ1) is 7.76. The van der Waals surface area contributed by atoms with E-state index in [4.69, 9.17) is 0 Å². The summed E-state index contributed by atoms with van der Waals surface area (Å²) in [6.45, 7) is 4.38. The smallest absolute Gasteiger partial charge is 0.0715 e. The second kappa shape index (κ2) is 4.88. The molecule has 1 heterocycles. The van der Waals surface area contributed by atoms with Crippen molar-refractivity contribution in [1.29, 1.82) is 0 Å². The number of benzene rings is 1. The minimum Gasteiger partial charge on any atom is -0.256 e. The van der Waals surface area contributed by atoms with E-state index in [0.29, 0.717) is 0 Å². The number of aromatic nitrogens is 1. The Bertz CT molecular complexity index is 505. The number of hydrogen-bond donors (Lipinski definition) is 0. The van der Waals surface area contributed by atoms with Crippen molar-refractivity contribution >= 4 is 22.7 Å². The molecule has 2 rings (SSSR count). The highest BCUT2D eigenvalue weighted by molar-refractivity contribution is 7.98. The van der Waals surface area contributed by atoms with Crippen molar-refractivity contribution in [3.8, 4) is 0 Å². The summed E-state index contributed by atoms with van der Waals surface area (Å²) in [6.07, 6.45) is 6.37. The third kappa shape index (κ3) is 2.07. The maximum absolute atomic E-state index is 4.44. The number of nitrogens with zero attached hydrogens (tertiary/aromatic N) is 1. The number of thioether (sulfide) groups is 1. The van der Waals surface area contributed by atoms with Gasteiger partial charge in [0.25, 0.3) is 0 Å². The first kappa shape index (κ1) is 11.5. The molecule has 0 aliphatic heterocycles. The third-order valence-corrected chi connectivity index (χ3v) is 3.70. The molecule has 0 fully saturated rings. The molecule has 0 N–H and O–H groups in total. The Kier molecular flexibility index (Phi) is 3.49. The minimum absolute atomic E-state index is 1.12. The maximum atomic E-state index is 4.44. The second-order valence-corrected chi connectivity index (χ2v) is 4.91. The summed E-state index contributed by atoms with van der Waals surface area (Å²) in [5.41, 5.74) is 3.89. The zero-order valence-electron chi connectivity index (χ0n) is 10.1. The Labute approximate surface area is 101 Å². The molecule has 0 bridgehead atoms. The molecule has 0 aliphatic rings. The number of pyridine rings is 1. The van der Waals surface area contributed by atoms with E-state index >= 15 is 0 Å². The van der Waals surface area contributed by atoms with E-state index in [0.717, 1.165) is 11.9 Å². The molecule has 0 saturated carbocycles. The lowest BCUT2D eigenvalue weighted by Gasteiger charge is -2.09. The van der Waals surface area contributed by atoms with Crippen LogP contribution >= 0.6 is 11.8 Å². The van der Waals surface area contributed by atoms with E-state index in [1.54, 1.807) is 0 Å². The van der Waals surface area contributed by atoms with Gasteiger partial charge in [0.2, 0.25) is 0 Å². The van der Waals surface area contributed by atoms with Crippen LogP contribution in [-0.2, 0) is 6.42 Å². The van der Waals surface area contributed by atoms with Crippen LogP contribution in [0.2, 0.25) is 0 Å². The van der Waals surface area contributed by atoms with Crippen LogP contribution in [0.4, 0.5) is 0 Å². The molecule has 0 unspecified atom stereocenters. The van der Waals surface area contributed by atoms with E-state index in [9.17, 15) is 0 Å². The highest BCUT2D eigenvalue weighted by atomic mass is 32.2. The van der Waals surface area contributed by atoms with Gasteiger partial charge in [0.1, 0.15) is 0 Å². The fraction of sp³-hybridized carbons (Fsp3) is 0.357. The van der Waals surface area contributed by atoms with Crippen LogP contribution in [0.25, 0.3) is 10.9 Å². The van der Waals surface area contributed by atoms with Gasteiger partial charge in [0.05, 0.1) is 5.52 Å². The van der Waals surface area contributed by atoms with Crippen molar-refractivity contribution < 1.29 is 0 Å². The summed E-state index contributed by atoms with van der Waals surface area (Å²) >= 11 is 1.82. The molecule has 84 valence electrons. The van der Waals surface area contributed by atoms with Gasteiger partial charge >= 0.3 is 0 Å². The van der Waals surface area contributed by atoms with Crippen LogP contribution in [0, 0.1) is 6.92 Å². The molecule has 0 saturated heterocycles. The van der Waals surface area contributed by atoms with Crippen LogP contribution < -0.4 is 0 Å². The topological polar surface area (TPSA) is 12.9 Å². The predicted octanol–water partition coefficient (Wildman–Crippen LogP) is 4.22. The van der Waals surface area contributed by atoms with Gasteiger partial charge < -0.3 is 0 Å². The zero-order chi connectivity index (χ0) is 11.5. The molecular formula is C14H17NS. The van der Waals surface area contributed by atoms with Gasteiger partial charge in [-0.2, -0.15) is 0 Å². The van der Waals surface area contributed by atoms with Crippen molar-refractivity contribution in [3.05, 3.63) is 35.5 Å². The molecule has 0 spiro atoms. The molecule has 1 aromatic heterocycles. The largest absolute Gasteiger partial charge is 0.256 e. The maximum Gasteiger partial charge on any atom is 0.0715 e. The van der Waals surface area contributed by atoms with E-state index < -0.39 is 0 Å². The van der Waals surface area contributed by atoms with E-state index in [-0.39, 0.29) is 0 Å². The first-order valence-electron chi connectivity index (χ1n) is 5.68. The summed E-state index contributed by atoms with van der Waals surface area (Å²) < 4.78 is 0. The van der Waals surface area contributed by atoms with Crippen molar-refractivity contribution in [3.63, 3.8) is 0 Å². The lowest BCUT2D eigenvalue weighted by molar-refractivity contribution is 0.903. The van der Waals surface area contributed by atoms with Gasteiger partial charge in [-0.15, -0.1) is 11.8 Å². The van der Waals surface area contributed by atoms with Crippen LogP contribution in [0.1, 0.15) is 24.5 Å². The Hall–Kier alpha value is -1.02. The van der Waals surface area contributed by atoms with Crippen molar-refractivity contribution in [2.45, 2.75) is 31.6 Å². The van der Waals surface area contributed by atoms with Crippen LogP contribution in [-0.4, -0.2) is 11.2 Å². The molecule has 0 atom stereocenters. The Morgan fingerprint density at radius 1 is 1.31 bits per heavy atom. The highest BCUT2D eigenvalue weighted by Gasteiger charge is 2.05. The third-order valence-electron chi connectivity index (χ3n) is 2.88. The molecule has 0 aliphatic carbocycles. The lowest BCUT2D eigenvalue weighted by Crippen LogP contribution is -1.91. The average molecular weight is 231 g/mol. The number of rotatable bonds is 3. The van der Waals surface area contributed by atoms with Gasteiger partial charge in [-0.25, -0.2) is 0 Å². The van der Waals surface area contributed by atoms with Gasteiger partial charge in [-0.3, -0.25) is 4.98 Å². The Morgan fingerprint density at radius 3 is 2.81 bits per heavy atom. The molecule has 0 amide bonds. The van der Waals surface area contributed by atoms with Crippen LogP contribution in [0.5, 0.6) is 0 Å². The zero-order valence-corrected chi connectivity index (χ0v) is 10.9. The fourth-order valence-electron chi connectivity index (χ4n) is 2.01. The Morgan fingerprint density at radius 2 is 2.12 bits per heavy atom. The van der Waals surface area contributed by atoms with Gasteiger partial charge in [-0.05, 0) is 48.9 Å². The molecule has 16 heavy (non-hydrogen) atoms. The van der Waals surface area contributed by atoms with Gasteiger partial charge in [0.15, 0.2) is 0 Å². The molecule has 2 heteroatoms. The molecule has 0 radical (unpaired) electrons. The van der Waals surface area contributed by atoms with E-state index in [2.05, 4.69) is 43.3 Å². The first-order valence-corrected chi connectivity index (χ1v) is 6.91. The SMILES string of the molecule is CCCc1cc2c(C)ccnc2cc1SC. The van der Waals surface area contributed by atoms with Crippen molar-refractivity contribution in [2.75, 3.05) is 6.26 Å². The highest BCUT2D eigenvalue weighted by Crippen LogP contribution is 2.28. The van der Waals surface area contributed by atoms with Crippen molar-refractivity contribution in [2.24, 2.45) is 0 Å².